The van der Waals surface area contributed by atoms with Crippen molar-refractivity contribution < 1.29 is 38.6 Å². The van der Waals surface area contributed by atoms with E-state index in [4.69, 9.17) is 15.2 Å². The molecule has 54 heavy (non-hydrogen) atoms. The highest BCUT2D eigenvalue weighted by Gasteiger charge is 2.43. The summed E-state index contributed by atoms with van der Waals surface area (Å²) >= 11 is 0. The van der Waals surface area contributed by atoms with Gasteiger partial charge in [0, 0.05) is 41.3 Å². The minimum absolute atomic E-state index is 0.0237. The second-order valence-electron chi connectivity index (χ2n) is 15.2. The first-order chi connectivity index (χ1) is 25.3. The fraction of sp³-hybridized carbons (Fsp3) is 0.732. The van der Waals surface area contributed by atoms with Crippen molar-refractivity contribution in [2.75, 3.05) is 41.9 Å². The molecule has 1 heterocycles. The van der Waals surface area contributed by atoms with Crippen LogP contribution in [-0.4, -0.2) is 128 Å². The predicted molar refractivity (Wildman–Crippen MR) is 214 cm³/mol. The Bertz CT molecular complexity index is 1240. The molecule has 0 aromatic carbocycles. The van der Waals surface area contributed by atoms with Crippen molar-refractivity contribution in [1.82, 2.24) is 20.0 Å². The first-order valence-corrected chi connectivity index (χ1v) is 19.3. The number of aliphatic carboxylic acids is 1. The van der Waals surface area contributed by atoms with Crippen molar-refractivity contribution in [3.63, 3.8) is 0 Å². The van der Waals surface area contributed by atoms with E-state index in [1.54, 1.807) is 62.2 Å². The number of hydrogen-bond acceptors (Lipinski definition) is 8. The van der Waals surface area contributed by atoms with Crippen LogP contribution < -0.4 is 11.1 Å². The second-order valence-corrected chi connectivity index (χ2v) is 15.2. The minimum atomic E-state index is -1.11. The first kappa shape index (κ1) is 50.5. The minimum Gasteiger partial charge on any atom is -0.480 e. The number of carbonyl (C=O) groups is 5. The fourth-order valence-electron chi connectivity index (χ4n) is 7.25. The number of hydrogen-bond donors (Lipinski definition) is 3. The third-order valence-electron chi connectivity index (χ3n) is 10.5. The number of rotatable bonds is 23. The number of nitrogens with two attached hydrogens (primary N) is 1. The maximum absolute atomic E-state index is 13.9. The Morgan fingerprint density at radius 1 is 1.00 bits per heavy atom. The lowest BCUT2D eigenvalue weighted by atomic mass is 9.89. The highest BCUT2D eigenvalue weighted by molar-refractivity contribution is 5.85. The Morgan fingerprint density at radius 2 is 1.61 bits per heavy atom. The number of methoxy groups -OCH3 is 2. The van der Waals surface area contributed by atoms with Gasteiger partial charge < -0.3 is 40.3 Å². The van der Waals surface area contributed by atoms with E-state index in [1.165, 1.54) is 19.1 Å². The number of allylic oxidation sites excluding steroid dienone is 4. The Labute approximate surface area is 325 Å². The van der Waals surface area contributed by atoms with Gasteiger partial charge in [0.25, 0.3) is 0 Å². The van der Waals surface area contributed by atoms with Crippen LogP contribution in [0, 0.1) is 29.6 Å². The summed E-state index contributed by atoms with van der Waals surface area (Å²) in [6, 6.07) is -1.91. The standard InChI is InChI=1S/C35H59N3O7.C6H14N2O/c1-12-15-17-26(14-3)21-28(35(42)43)36(8)34(41)25(7)33(45-11)27-18-16-19-38(27)31(40)22-29(44-10)32(24(6)13-2)37(9)30(39)20-23(4)5;1-4(2)5(8-3)6(7)9/h12,14-15,17,23-29,32-33H,1,3,13,16,18-22H2,2,4-11H3,(H,42,43);4-5,8H,1-3H3,(H2,7,9). The molecule has 1 fully saturated rings. The van der Waals surface area contributed by atoms with Crippen molar-refractivity contribution in [2.24, 2.45) is 35.3 Å². The van der Waals surface area contributed by atoms with Gasteiger partial charge in [-0.05, 0) is 50.0 Å². The fourth-order valence-corrected chi connectivity index (χ4v) is 7.25. The number of primary amides is 1. The van der Waals surface area contributed by atoms with Crippen molar-refractivity contribution in [1.29, 1.82) is 0 Å². The van der Waals surface area contributed by atoms with E-state index < -0.39 is 30.1 Å². The summed E-state index contributed by atoms with van der Waals surface area (Å²) in [5.41, 5.74) is 5.05. The molecule has 0 bridgehead atoms. The summed E-state index contributed by atoms with van der Waals surface area (Å²) < 4.78 is 11.8. The number of likely N-dealkylation sites (tertiary alicyclic amines) is 1. The van der Waals surface area contributed by atoms with Crippen molar-refractivity contribution in [3.05, 3.63) is 37.5 Å². The van der Waals surface area contributed by atoms with Gasteiger partial charge in [-0.1, -0.05) is 85.8 Å². The number of carbonyl (C=O) groups excluding carboxylic acids is 4. The van der Waals surface area contributed by atoms with E-state index in [0.29, 0.717) is 19.4 Å². The van der Waals surface area contributed by atoms with Gasteiger partial charge in [0.15, 0.2) is 0 Å². The molecule has 0 radical (unpaired) electrons. The smallest absolute Gasteiger partial charge is 0.326 e. The van der Waals surface area contributed by atoms with Crippen LogP contribution in [0.5, 0.6) is 0 Å². The molecule has 0 saturated carbocycles. The van der Waals surface area contributed by atoms with E-state index in [1.807, 2.05) is 27.7 Å². The van der Waals surface area contributed by atoms with Crippen LogP contribution >= 0.6 is 0 Å². The number of likely N-dealkylation sites (N-methyl/N-ethyl adjacent to an activating group) is 3. The van der Waals surface area contributed by atoms with Crippen LogP contribution in [0.2, 0.25) is 0 Å². The van der Waals surface area contributed by atoms with Crippen LogP contribution in [0.3, 0.4) is 0 Å². The molecule has 0 spiro atoms. The zero-order chi connectivity index (χ0) is 41.9. The van der Waals surface area contributed by atoms with Gasteiger partial charge in [-0.2, -0.15) is 0 Å². The molecule has 310 valence electrons. The predicted octanol–water partition coefficient (Wildman–Crippen LogP) is 4.51. The zero-order valence-corrected chi connectivity index (χ0v) is 35.2. The molecule has 4 amide bonds. The van der Waals surface area contributed by atoms with E-state index in [2.05, 4.69) is 32.3 Å². The van der Waals surface area contributed by atoms with Gasteiger partial charge in [-0.3, -0.25) is 19.2 Å². The number of nitrogens with one attached hydrogen (secondary N) is 1. The third kappa shape index (κ3) is 15.3. The van der Waals surface area contributed by atoms with Crippen LogP contribution in [-0.2, 0) is 33.4 Å². The molecule has 0 aliphatic carbocycles. The molecule has 0 aromatic rings. The Balaban J connectivity index is 0.00000274. The van der Waals surface area contributed by atoms with Gasteiger partial charge in [0.1, 0.15) is 6.04 Å². The monoisotopic (exact) mass is 764 g/mol. The van der Waals surface area contributed by atoms with Crippen molar-refractivity contribution in [2.45, 2.75) is 123 Å². The maximum Gasteiger partial charge on any atom is 0.326 e. The molecule has 0 aromatic heterocycles. The van der Waals surface area contributed by atoms with E-state index in [0.717, 1.165) is 12.8 Å². The van der Waals surface area contributed by atoms with E-state index in [-0.39, 0.29) is 78.3 Å². The maximum atomic E-state index is 13.9. The van der Waals surface area contributed by atoms with Gasteiger partial charge in [-0.25, -0.2) is 4.79 Å². The SMILES string of the molecule is C=CC=CC(C=C)CC(C(=O)O)N(C)C(=O)C(C)C(OC)C1CCCN1C(=O)CC(OC)C(C(C)CC)N(C)C(=O)CC(C)C.CNC(C(N)=O)C(C)C. The van der Waals surface area contributed by atoms with Crippen molar-refractivity contribution >= 4 is 29.6 Å². The number of amides is 4. The molecule has 1 aliphatic heterocycles. The van der Waals surface area contributed by atoms with Gasteiger partial charge >= 0.3 is 5.97 Å². The summed E-state index contributed by atoms with van der Waals surface area (Å²) in [6.45, 7) is 21.7. The van der Waals surface area contributed by atoms with Gasteiger partial charge in [0.05, 0.1) is 42.7 Å². The summed E-state index contributed by atoms with van der Waals surface area (Å²) in [4.78, 5) is 68.2. The lowest BCUT2D eigenvalue weighted by Crippen LogP contribution is -2.54. The molecule has 1 rings (SSSR count). The van der Waals surface area contributed by atoms with E-state index in [9.17, 15) is 29.1 Å². The molecular weight excluding hydrogens is 690 g/mol. The van der Waals surface area contributed by atoms with Crippen LogP contribution in [0.15, 0.2) is 37.5 Å². The highest BCUT2D eigenvalue weighted by Crippen LogP contribution is 2.30. The van der Waals surface area contributed by atoms with Gasteiger partial charge in [0.2, 0.25) is 23.6 Å². The second kappa shape index (κ2) is 25.5. The van der Waals surface area contributed by atoms with E-state index >= 15 is 0 Å². The molecular formula is C41H73N5O8. The van der Waals surface area contributed by atoms with Gasteiger partial charge in [-0.15, -0.1) is 6.58 Å². The molecule has 4 N–H and O–H groups in total. The molecule has 1 saturated heterocycles. The van der Waals surface area contributed by atoms with Crippen molar-refractivity contribution in [3.8, 4) is 0 Å². The average Bonchev–Trinajstić information content (AvgIpc) is 3.60. The number of carboxylic acids is 1. The summed E-state index contributed by atoms with van der Waals surface area (Å²) in [5.74, 6) is -2.25. The Morgan fingerprint density at radius 3 is 2.02 bits per heavy atom. The lowest BCUT2D eigenvalue weighted by Gasteiger charge is -2.40. The first-order valence-electron chi connectivity index (χ1n) is 19.3. The third-order valence-corrected chi connectivity index (χ3v) is 10.5. The number of nitrogens with zero attached hydrogens (tertiary/aromatic N) is 3. The van der Waals surface area contributed by atoms with Crippen LogP contribution in [0.25, 0.3) is 0 Å². The quantitative estimate of drug-likeness (QED) is 0.100. The number of carboxylic acid groups (broad SMARTS) is 1. The summed E-state index contributed by atoms with van der Waals surface area (Å²) in [5, 5.41) is 12.8. The average molecular weight is 764 g/mol. The molecule has 13 heteroatoms. The largest absolute Gasteiger partial charge is 0.480 e. The molecule has 9 atom stereocenters. The molecule has 13 nitrogen and oxygen atoms in total. The van der Waals surface area contributed by atoms with Crippen LogP contribution in [0.1, 0.15) is 87.0 Å². The zero-order valence-electron chi connectivity index (χ0n) is 35.2. The molecule has 9 unspecified atom stereocenters. The number of ether oxygens (including phenoxy) is 2. The molecule has 1 aliphatic rings. The highest BCUT2D eigenvalue weighted by atomic mass is 16.5. The normalized spacial score (nSPS) is 18.8. The lowest BCUT2D eigenvalue weighted by molar-refractivity contribution is -0.155. The summed E-state index contributed by atoms with van der Waals surface area (Å²) in [6.07, 6.45) is 8.51. The van der Waals surface area contributed by atoms with Crippen LogP contribution in [0.4, 0.5) is 0 Å². The Hall–Kier alpha value is -3.55. The summed E-state index contributed by atoms with van der Waals surface area (Å²) in [7, 11) is 8.11. The Kier molecular flexibility index (Phi) is 23.8. The topological polar surface area (TPSA) is 172 Å².